The third-order valence-corrected chi connectivity index (χ3v) is 14.0. The van der Waals surface area contributed by atoms with E-state index >= 15 is 0 Å². The first-order chi connectivity index (χ1) is 30.3. The largest absolute Gasteiger partial charge is 0.347 e. The van der Waals surface area contributed by atoms with Gasteiger partial charge in [-0.2, -0.15) is 0 Å². The Kier molecular flexibility index (Phi) is 16.2. The Hall–Kier alpha value is -5.11. The van der Waals surface area contributed by atoms with E-state index in [-0.39, 0.29) is 65.6 Å². The average molecular weight is 868 g/mol. The van der Waals surface area contributed by atoms with Crippen LogP contribution in [-0.2, 0) is 48.0 Å². The zero-order valence-corrected chi connectivity index (χ0v) is 38.1. The highest BCUT2D eigenvalue weighted by molar-refractivity contribution is 6.00. The van der Waals surface area contributed by atoms with Gasteiger partial charge in [0.25, 0.3) is 0 Å². The molecular weight excluding hydrogens is 799 g/mol. The van der Waals surface area contributed by atoms with E-state index in [0.29, 0.717) is 70.0 Å². The Labute approximate surface area is 372 Å². The van der Waals surface area contributed by atoms with Crippen molar-refractivity contribution in [3.63, 3.8) is 0 Å². The smallest absolute Gasteiger partial charge is 0.245 e. The Balaban J connectivity index is 1.12. The summed E-state index contributed by atoms with van der Waals surface area (Å²) in [6, 6.07) is 8.07. The molecule has 2 aromatic carbocycles. The molecule has 0 saturated carbocycles. The number of hydrogen-bond donors (Lipinski definition) is 5. The van der Waals surface area contributed by atoms with Crippen molar-refractivity contribution < 1.29 is 33.6 Å². The van der Waals surface area contributed by atoms with Crippen LogP contribution in [0.2, 0.25) is 0 Å². The molecule has 2 aliphatic carbocycles. The molecule has 2 aromatic rings. The first-order valence-electron chi connectivity index (χ1n) is 23.6. The van der Waals surface area contributed by atoms with E-state index in [1.165, 1.54) is 0 Å². The fraction of sp³-hybridized carbons (Fsp3) is 0.612. The van der Waals surface area contributed by atoms with E-state index in [1.807, 2.05) is 64.1 Å². The van der Waals surface area contributed by atoms with Crippen LogP contribution in [0.1, 0.15) is 156 Å². The lowest BCUT2D eigenvalue weighted by molar-refractivity contribution is -0.142. The lowest BCUT2D eigenvalue weighted by Gasteiger charge is -2.32. The van der Waals surface area contributed by atoms with Crippen LogP contribution in [0.5, 0.6) is 0 Å². The maximum atomic E-state index is 14.3. The molecule has 0 aromatic heterocycles. The number of ketones is 1. The molecule has 8 atom stereocenters. The molecule has 0 unspecified atom stereocenters. The second-order valence-electron chi connectivity index (χ2n) is 18.0. The van der Waals surface area contributed by atoms with Crippen LogP contribution in [0.4, 0.5) is 0 Å². The fourth-order valence-corrected chi connectivity index (χ4v) is 9.91. The van der Waals surface area contributed by atoms with Gasteiger partial charge >= 0.3 is 0 Å². The second-order valence-corrected chi connectivity index (χ2v) is 18.0. The van der Waals surface area contributed by atoms with Gasteiger partial charge in [-0.1, -0.05) is 64.1 Å². The summed E-state index contributed by atoms with van der Waals surface area (Å²) >= 11 is 0. The van der Waals surface area contributed by atoms with Gasteiger partial charge in [0.05, 0.1) is 18.1 Å². The number of fused-ring (bicyclic) bond motifs is 2. The van der Waals surface area contributed by atoms with Gasteiger partial charge in [-0.25, -0.2) is 0 Å². The Morgan fingerprint density at radius 2 is 1.14 bits per heavy atom. The van der Waals surface area contributed by atoms with Gasteiger partial charge in [0.15, 0.2) is 5.78 Å². The predicted molar refractivity (Wildman–Crippen MR) is 240 cm³/mol. The van der Waals surface area contributed by atoms with Crippen molar-refractivity contribution in [3.8, 4) is 0 Å². The number of hydrogen-bond acceptors (Lipinski definition) is 8. The number of benzene rings is 2. The molecular formula is C49H69N7O7. The van der Waals surface area contributed by atoms with E-state index in [4.69, 9.17) is 0 Å². The van der Waals surface area contributed by atoms with Crippen LogP contribution in [0.15, 0.2) is 36.4 Å². The second kappa shape index (κ2) is 21.5. The van der Waals surface area contributed by atoms with Crippen molar-refractivity contribution in [2.45, 2.75) is 167 Å². The molecule has 63 heavy (non-hydrogen) atoms. The zero-order chi connectivity index (χ0) is 45.4. The molecule has 14 heteroatoms. The van der Waals surface area contributed by atoms with Crippen molar-refractivity contribution in [3.05, 3.63) is 69.8 Å². The molecule has 6 amide bonds. The summed E-state index contributed by atoms with van der Waals surface area (Å²) in [6.07, 6.45) is 8.81. The van der Waals surface area contributed by atoms with Gasteiger partial charge in [-0.05, 0) is 125 Å². The molecule has 2 fully saturated rings. The highest BCUT2D eigenvalue weighted by atomic mass is 16.2. The van der Waals surface area contributed by atoms with Gasteiger partial charge in [-0.3, -0.25) is 33.6 Å². The number of likely N-dealkylation sites (N-methyl/N-ethyl adjacent to an activating group) is 1. The number of Topliss-reactive ketones (excluding diaryl/α,β-unsaturated/α-hetero) is 1. The molecule has 14 nitrogen and oxygen atoms in total. The van der Waals surface area contributed by atoms with Crippen LogP contribution >= 0.6 is 0 Å². The van der Waals surface area contributed by atoms with Crippen LogP contribution < -0.4 is 26.6 Å². The summed E-state index contributed by atoms with van der Waals surface area (Å²) < 4.78 is 0. The van der Waals surface area contributed by atoms with Crippen LogP contribution in [0.3, 0.4) is 0 Å². The van der Waals surface area contributed by atoms with Crippen LogP contribution in [0.25, 0.3) is 0 Å². The van der Waals surface area contributed by atoms with Gasteiger partial charge in [-0.15, -0.1) is 0 Å². The summed E-state index contributed by atoms with van der Waals surface area (Å²) in [7, 11) is 1.69. The molecule has 2 aliphatic heterocycles. The number of carbonyl (C=O) groups excluding carboxylic acids is 7. The van der Waals surface area contributed by atoms with E-state index < -0.39 is 30.2 Å². The molecule has 342 valence electrons. The molecule has 2 saturated heterocycles. The number of nitrogens with zero attached hydrogens (tertiary/aromatic N) is 2. The predicted octanol–water partition coefficient (Wildman–Crippen LogP) is 4.52. The van der Waals surface area contributed by atoms with E-state index in [2.05, 4.69) is 26.6 Å². The summed E-state index contributed by atoms with van der Waals surface area (Å²) in [4.78, 5) is 98.0. The topological polar surface area (TPSA) is 186 Å². The van der Waals surface area contributed by atoms with E-state index in [1.54, 1.807) is 23.8 Å². The highest BCUT2D eigenvalue weighted by Crippen LogP contribution is 2.36. The maximum Gasteiger partial charge on any atom is 0.245 e. The zero-order valence-electron chi connectivity index (χ0n) is 38.1. The normalized spacial score (nSPS) is 22.4. The molecule has 0 bridgehead atoms. The number of rotatable bonds is 17. The lowest BCUT2D eigenvalue weighted by Crippen LogP contribution is -2.55. The minimum atomic E-state index is -0.715. The summed E-state index contributed by atoms with van der Waals surface area (Å²) in [5.74, 6) is -1.51. The molecule has 2 heterocycles. The standard InChI is InChI=1S/C49H69N7O7/c1-7-29(4)44(58)51-37(8-2)48(62)55-26-14-25-42(55)47(61)54-40-23-13-18-33-35(40)20-11-21-36(33)43(57)28-31-16-10-19-34-32(31)17-12-22-39(34)53-46(60)41-24-15-27-56(41)49(63)38(9-3)52-45(59)30(5)50-6/h10-11,16,19-21,29-30,37-42,50H,7-9,12-15,17-18,22-28H2,1-6H3,(H,51,58)(H,52,59)(H,53,60)(H,54,61)/t29-,30+,37+,38+,39-,40-,41+,42+/m1/s1. The Bertz CT molecular complexity index is 2040. The quantitative estimate of drug-likeness (QED) is 0.144. The number of carbonyl (C=O) groups is 7. The number of likely N-dealkylation sites (tertiary alicyclic amines) is 2. The van der Waals surface area contributed by atoms with E-state index in [0.717, 1.165) is 59.9 Å². The van der Waals surface area contributed by atoms with Crippen LogP contribution in [-0.4, -0.2) is 101 Å². The minimum absolute atomic E-state index is 0.00205. The third kappa shape index (κ3) is 10.6. The first-order valence-corrected chi connectivity index (χ1v) is 23.6. The van der Waals surface area contributed by atoms with Gasteiger partial charge in [0.1, 0.15) is 24.2 Å². The summed E-state index contributed by atoms with van der Waals surface area (Å²) in [6.45, 7) is 10.1. The van der Waals surface area contributed by atoms with Crippen molar-refractivity contribution in [1.29, 1.82) is 0 Å². The monoisotopic (exact) mass is 868 g/mol. The molecule has 4 aliphatic rings. The summed E-state index contributed by atoms with van der Waals surface area (Å²) in [5.41, 5.74) is 5.53. The molecule has 0 spiro atoms. The van der Waals surface area contributed by atoms with Crippen molar-refractivity contribution >= 4 is 41.2 Å². The fourth-order valence-electron chi connectivity index (χ4n) is 9.91. The highest BCUT2D eigenvalue weighted by Gasteiger charge is 2.40. The van der Waals surface area contributed by atoms with Crippen molar-refractivity contribution in [2.75, 3.05) is 20.1 Å². The molecule has 6 rings (SSSR count). The van der Waals surface area contributed by atoms with Gasteiger partial charge in [0.2, 0.25) is 35.4 Å². The van der Waals surface area contributed by atoms with Gasteiger partial charge in [0, 0.05) is 31.0 Å². The number of amides is 6. The van der Waals surface area contributed by atoms with E-state index in [9.17, 15) is 33.6 Å². The SMILES string of the molecule is CC[C@@H](C)C(=O)N[C@@H](CC)C(=O)N1CCC[C@H]1C(=O)N[C@@H]1CCCc2c(C(=O)Cc3cccc4c3CCC[C@H]4NC(=O)[C@@H]3CCCN3C(=O)[C@H](CC)NC(=O)[C@H](C)NC)cccc21. The Morgan fingerprint density at radius 1 is 0.635 bits per heavy atom. The van der Waals surface area contributed by atoms with Crippen molar-refractivity contribution in [1.82, 2.24) is 36.4 Å². The number of nitrogens with one attached hydrogen (secondary N) is 5. The lowest BCUT2D eigenvalue weighted by atomic mass is 9.81. The van der Waals surface area contributed by atoms with Crippen LogP contribution in [0, 0.1) is 5.92 Å². The van der Waals surface area contributed by atoms with Gasteiger partial charge < -0.3 is 36.4 Å². The average Bonchev–Trinajstić information content (AvgIpc) is 4.00. The maximum absolute atomic E-state index is 14.3. The Morgan fingerprint density at radius 3 is 1.67 bits per heavy atom. The molecule has 0 radical (unpaired) electrons. The molecule has 5 N–H and O–H groups in total. The van der Waals surface area contributed by atoms with Crippen molar-refractivity contribution in [2.24, 2.45) is 5.92 Å². The minimum Gasteiger partial charge on any atom is -0.347 e. The summed E-state index contributed by atoms with van der Waals surface area (Å²) in [5, 5.41) is 15.2. The first kappa shape index (κ1) is 47.4. The third-order valence-electron chi connectivity index (χ3n) is 14.0.